The minimum absolute atomic E-state index is 0.102. The smallest absolute Gasteiger partial charge is 0.378 e. The number of amides is 1. The fourth-order valence-electron chi connectivity index (χ4n) is 5.09. The lowest BCUT2D eigenvalue weighted by Crippen LogP contribution is -2.36. The summed E-state index contributed by atoms with van der Waals surface area (Å²) in [6, 6.07) is 19.0. The fourth-order valence-corrected chi connectivity index (χ4v) is 5.09. The number of hydrogen-bond donors (Lipinski definition) is 2. The van der Waals surface area contributed by atoms with E-state index in [4.69, 9.17) is 4.74 Å². The zero-order chi connectivity index (χ0) is 33.0. The summed E-state index contributed by atoms with van der Waals surface area (Å²) in [5.41, 5.74) is 3.26. The molecule has 0 unspecified atom stereocenters. The monoisotopic (exact) mass is 640 g/mol. The lowest BCUT2D eigenvalue weighted by molar-refractivity contribution is -0.137. The fraction of sp³-hybridized carbons (Fsp3) is 0.206. The van der Waals surface area contributed by atoms with Gasteiger partial charge in [-0.15, -0.1) is 0 Å². The van der Waals surface area contributed by atoms with Crippen molar-refractivity contribution in [2.24, 2.45) is 0 Å². The maximum Gasteiger partial charge on any atom is 0.416 e. The predicted molar refractivity (Wildman–Crippen MR) is 174 cm³/mol. The van der Waals surface area contributed by atoms with Crippen molar-refractivity contribution < 1.29 is 22.7 Å². The molecular weight excluding hydrogens is 609 g/mol. The highest BCUT2D eigenvalue weighted by Crippen LogP contribution is 2.33. The van der Waals surface area contributed by atoms with Gasteiger partial charge in [-0.25, -0.2) is 19.9 Å². The number of morpholine rings is 1. The molecule has 0 aliphatic carbocycles. The second kappa shape index (κ2) is 13.4. The number of aromatic nitrogens is 4. The first-order valence-electron chi connectivity index (χ1n) is 14.8. The van der Waals surface area contributed by atoms with Gasteiger partial charge in [-0.05, 0) is 67.1 Å². The molecule has 2 N–H and O–H groups in total. The average molecular weight is 641 g/mol. The lowest BCUT2D eigenvalue weighted by atomic mass is 10.1. The van der Waals surface area contributed by atoms with E-state index < -0.39 is 17.6 Å². The molecule has 240 valence electrons. The van der Waals surface area contributed by atoms with E-state index in [0.29, 0.717) is 47.5 Å². The summed E-state index contributed by atoms with van der Waals surface area (Å²) in [6.45, 7) is 4.93. The maximum atomic E-state index is 13.2. The Kier molecular flexibility index (Phi) is 8.98. The molecule has 1 amide bonds. The molecule has 5 aromatic rings. The molecule has 0 atom stereocenters. The number of aryl methyl sites for hydroxylation is 1. The number of benzene rings is 2. The van der Waals surface area contributed by atoms with Crippen molar-refractivity contribution in [1.82, 2.24) is 19.9 Å². The number of ether oxygens (including phenoxy) is 1. The summed E-state index contributed by atoms with van der Waals surface area (Å²) < 4.78 is 44.9. The van der Waals surface area contributed by atoms with Gasteiger partial charge in [-0.1, -0.05) is 12.1 Å². The molecule has 47 heavy (non-hydrogen) atoms. The van der Waals surface area contributed by atoms with Crippen LogP contribution in [0, 0.1) is 6.92 Å². The van der Waals surface area contributed by atoms with E-state index in [1.807, 2.05) is 49.3 Å². The highest BCUT2D eigenvalue weighted by molar-refractivity contribution is 6.04. The standard InChI is InChI=1S/C34H31F3N8O2/c1-22-8-9-25(42-33(46)23-5-3-6-24(17-23)34(35,36)37)18-28(22)43-32-27(7-4-12-38-32)29-19-31(41-21-40-29)44(2)30-11-10-26(20-39-30)45-13-15-47-16-14-45/h3-12,17-21H,13-16H2,1-2H3,(H,38,43)(H,42,46). The van der Waals surface area contributed by atoms with Crippen LogP contribution < -0.4 is 20.4 Å². The number of nitrogens with one attached hydrogen (secondary N) is 2. The van der Waals surface area contributed by atoms with Crippen LogP contribution in [0.4, 0.5) is 47.7 Å². The van der Waals surface area contributed by atoms with Crippen LogP contribution in [0.15, 0.2) is 91.5 Å². The molecule has 13 heteroatoms. The molecule has 0 radical (unpaired) electrons. The van der Waals surface area contributed by atoms with Crippen LogP contribution in [0.3, 0.4) is 0 Å². The molecule has 10 nitrogen and oxygen atoms in total. The molecule has 1 aliphatic heterocycles. The Balaban J connectivity index is 1.20. The van der Waals surface area contributed by atoms with E-state index in [1.165, 1.54) is 18.5 Å². The van der Waals surface area contributed by atoms with Gasteiger partial charge in [0.2, 0.25) is 0 Å². The number of pyridine rings is 2. The van der Waals surface area contributed by atoms with E-state index in [9.17, 15) is 18.0 Å². The molecule has 1 fully saturated rings. The number of alkyl halides is 3. The van der Waals surface area contributed by atoms with Gasteiger partial charge in [0.05, 0.1) is 36.4 Å². The highest BCUT2D eigenvalue weighted by Gasteiger charge is 2.31. The van der Waals surface area contributed by atoms with Crippen LogP contribution in [-0.4, -0.2) is 59.2 Å². The van der Waals surface area contributed by atoms with Crippen molar-refractivity contribution in [3.8, 4) is 11.3 Å². The Bertz CT molecular complexity index is 1880. The number of nitrogens with zero attached hydrogens (tertiary/aromatic N) is 6. The molecule has 2 aromatic carbocycles. The summed E-state index contributed by atoms with van der Waals surface area (Å²) in [6.07, 6.45) is 0.424. The van der Waals surface area contributed by atoms with E-state index in [0.717, 1.165) is 42.3 Å². The van der Waals surface area contributed by atoms with Crippen LogP contribution in [0.25, 0.3) is 11.3 Å². The predicted octanol–water partition coefficient (Wildman–Crippen LogP) is 6.86. The summed E-state index contributed by atoms with van der Waals surface area (Å²) in [7, 11) is 1.88. The van der Waals surface area contributed by atoms with Gasteiger partial charge in [0.25, 0.3) is 5.91 Å². The first kappa shape index (κ1) is 31.4. The van der Waals surface area contributed by atoms with Gasteiger partial charge < -0.3 is 25.2 Å². The first-order chi connectivity index (χ1) is 22.7. The molecule has 0 bridgehead atoms. The second-order valence-electron chi connectivity index (χ2n) is 10.9. The van der Waals surface area contributed by atoms with Gasteiger partial charge in [0, 0.05) is 54.9 Å². The third kappa shape index (κ3) is 7.31. The van der Waals surface area contributed by atoms with Crippen molar-refractivity contribution in [1.29, 1.82) is 0 Å². The first-order valence-corrected chi connectivity index (χ1v) is 14.8. The van der Waals surface area contributed by atoms with Crippen molar-refractivity contribution in [3.05, 3.63) is 108 Å². The molecular formula is C34H31F3N8O2. The highest BCUT2D eigenvalue weighted by atomic mass is 19.4. The third-order valence-electron chi connectivity index (χ3n) is 7.73. The molecule has 4 heterocycles. The summed E-state index contributed by atoms with van der Waals surface area (Å²) in [4.78, 5) is 35.1. The second-order valence-corrected chi connectivity index (χ2v) is 10.9. The maximum absolute atomic E-state index is 13.2. The van der Waals surface area contributed by atoms with Crippen LogP contribution in [0.5, 0.6) is 0 Å². The van der Waals surface area contributed by atoms with E-state index >= 15 is 0 Å². The number of carbonyl (C=O) groups is 1. The Morgan fingerprint density at radius 2 is 1.74 bits per heavy atom. The van der Waals surface area contributed by atoms with Gasteiger partial charge in [0.1, 0.15) is 23.8 Å². The number of carbonyl (C=O) groups excluding carboxylic acids is 1. The number of rotatable bonds is 8. The molecule has 0 spiro atoms. The minimum atomic E-state index is -4.55. The third-order valence-corrected chi connectivity index (χ3v) is 7.73. The SMILES string of the molecule is Cc1ccc(NC(=O)c2cccc(C(F)(F)F)c2)cc1Nc1ncccc1-c1cc(N(C)c2ccc(N3CCOCC3)cn2)ncn1. The van der Waals surface area contributed by atoms with Crippen LogP contribution in [0.1, 0.15) is 21.5 Å². The largest absolute Gasteiger partial charge is 0.416 e. The summed E-state index contributed by atoms with van der Waals surface area (Å²) in [5, 5.41) is 6.02. The molecule has 1 saturated heterocycles. The van der Waals surface area contributed by atoms with Crippen LogP contribution in [0.2, 0.25) is 0 Å². The van der Waals surface area contributed by atoms with E-state index in [-0.39, 0.29) is 5.56 Å². The summed E-state index contributed by atoms with van der Waals surface area (Å²) >= 11 is 0. The van der Waals surface area contributed by atoms with Crippen molar-refractivity contribution >= 4 is 40.4 Å². The normalized spacial score (nSPS) is 13.3. The molecule has 6 rings (SSSR count). The Morgan fingerprint density at radius 3 is 2.51 bits per heavy atom. The van der Waals surface area contributed by atoms with Crippen molar-refractivity contribution in [2.75, 3.05) is 53.8 Å². The molecule has 1 aliphatic rings. The minimum Gasteiger partial charge on any atom is -0.378 e. The topological polar surface area (TPSA) is 108 Å². The molecule has 3 aromatic heterocycles. The zero-order valence-electron chi connectivity index (χ0n) is 25.6. The number of anilines is 6. The number of hydrogen-bond acceptors (Lipinski definition) is 9. The van der Waals surface area contributed by atoms with E-state index in [2.05, 4.69) is 35.5 Å². The summed E-state index contributed by atoms with van der Waals surface area (Å²) in [5.74, 6) is 1.20. The van der Waals surface area contributed by atoms with Crippen LogP contribution >= 0.6 is 0 Å². The number of halogens is 3. The van der Waals surface area contributed by atoms with Gasteiger partial charge >= 0.3 is 6.18 Å². The Labute approximate surface area is 269 Å². The van der Waals surface area contributed by atoms with E-state index in [1.54, 1.807) is 30.5 Å². The van der Waals surface area contributed by atoms with Gasteiger partial charge in [-0.3, -0.25) is 4.79 Å². The average Bonchev–Trinajstić information content (AvgIpc) is 3.10. The van der Waals surface area contributed by atoms with Crippen molar-refractivity contribution in [2.45, 2.75) is 13.1 Å². The van der Waals surface area contributed by atoms with Crippen molar-refractivity contribution in [3.63, 3.8) is 0 Å². The molecule has 0 saturated carbocycles. The zero-order valence-corrected chi connectivity index (χ0v) is 25.6. The van der Waals surface area contributed by atoms with Gasteiger partial charge in [0.15, 0.2) is 0 Å². The quantitative estimate of drug-likeness (QED) is 0.188. The lowest BCUT2D eigenvalue weighted by Gasteiger charge is -2.29. The Hall–Kier alpha value is -5.56. The van der Waals surface area contributed by atoms with Gasteiger partial charge in [-0.2, -0.15) is 13.2 Å². The Morgan fingerprint density at radius 1 is 0.915 bits per heavy atom. The van der Waals surface area contributed by atoms with Crippen LogP contribution in [-0.2, 0) is 10.9 Å².